The first kappa shape index (κ1) is 13.8. The third kappa shape index (κ3) is 2.69. The highest BCUT2D eigenvalue weighted by atomic mass is 35.5. The highest BCUT2D eigenvalue weighted by Crippen LogP contribution is 2.29. The Hall–Kier alpha value is -1.65. The summed E-state index contributed by atoms with van der Waals surface area (Å²) in [4.78, 5) is 0. The van der Waals surface area contributed by atoms with Gasteiger partial charge in [-0.1, -0.05) is 29.8 Å². The van der Waals surface area contributed by atoms with Crippen LogP contribution in [0.1, 0.15) is 17.2 Å². The Bertz CT molecular complexity index is 604. The molecule has 2 aromatic carbocycles. The van der Waals surface area contributed by atoms with Crippen LogP contribution in [0.3, 0.4) is 0 Å². The van der Waals surface area contributed by atoms with Gasteiger partial charge in [-0.15, -0.1) is 0 Å². The lowest BCUT2D eigenvalue weighted by atomic mass is 9.98. The SMILES string of the molecule is COc1cccc(C(N)c2ccc(Cl)cc2F)c1F. The average molecular weight is 284 g/mol. The fraction of sp³-hybridized carbons (Fsp3) is 0.143. The van der Waals surface area contributed by atoms with E-state index in [-0.39, 0.29) is 21.9 Å². The highest BCUT2D eigenvalue weighted by Gasteiger charge is 2.19. The van der Waals surface area contributed by atoms with E-state index in [2.05, 4.69) is 0 Å². The van der Waals surface area contributed by atoms with Crippen LogP contribution < -0.4 is 10.5 Å². The lowest BCUT2D eigenvalue weighted by Crippen LogP contribution is -2.15. The number of rotatable bonds is 3. The molecule has 0 fully saturated rings. The summed E-state index contributed by atoms with van der Waals surface area (Å²) in [5, 5.41) is 0.263. The molecule has 2 nitrogen and oxygen atoms in total. The predicted molar refractivity (Wildman–Crippen MR) is 70.4 cm³/mol. The molecule has 2 aromatic rings. The number of hydrogen-bond donors (Lipinski definition) is 1. The van der Waals surface area contributed by atoms with Gasteiger partial charge in [-0.25, -0.2) is 8.78 Å². The maximum absolute atomic E-state index is 14.1. The van der Waals surface area contributed by atoms with E-state index >= 15 is 0 Å². The molecule has 0 aliphatic rings. The van der Waals surface area contributed by atoms with Crippen molar-refractivity contribution in [3.8, 4) is 5.75 Å². The third-order valence-electron chi connectivity index (χ3n) is 2.85. The molecule has 0 aromatic heterocycles. The van der Waals surface area contributed by atoms with Crippen LogP contribution in [0.2, 0.25) is 5.02 Å². The molecule has 0 amide bonds. The van der Waals surface area contributed by atoms with E-state index in [9.17, 15) is 8.78 Å². The fourth-order valence-electron chi connectivity index (χ4n) is 1.85. The highest BCUT2D eigenvalue weighted by molar-refractivity contribution is 6.30. The van der Waals surface area contributed by atoms with Crippen LogP contribution in [0.4, 0.5) is 8.78 Å². The van der Waals surface area contributed by atoms with Crippen molar-refractivity contribution < 1.29 is 13.5 Å². The molecule has 0 saturated carbocycles. The molecule has 0 aliphatic heterocycles. The van der Waals surface area contributed by atoms with Crippen LogP contribution in [0.25, 0.3) is 0 Å². The van der Waals surface area contributed by atoms with Crippen molar-refractivity contribution in [2.45, 2.75) is 6.04 Å². The molecule has 100 valence electrons. The predicted octanol–water partition coefficient (Wildman–Crippen LogP) is 3.67. The topological polar surface area (TPSA) is 35.2 Å². The maximum atomic E-state index is 14.1. The molecule has 0 aliphatic carbocycles. The first-order chi connectivity index (χ1) is 9.04. The minimum absolute atomic E-state index is 0.0716. The maximum Gasteiger partial charge on any atom is 0.170 e. The molecule has 0 heterocycles. The molecule has 5 heteroatoms. The smallest absolute Gasteiger partial charge is 0.170 e. The van der Waals surface area contributed by atoms with Crippen LogP contribution in [0, 0.1) is 11.6 Å². The van der Waals surface area contributed by atoms with Crippen LogP contribution in [-0.4, -0.2) is 7.11 Å². The average Bonchev–Trinajstić information content (AvgIpc) is 2.38. The number of hydrogen-bond acceptors (Lipinski definition) is 2. The molecule has 1 atom stereocenters. The molecule has 0 spiro atoms. The Labute approximate surface area is 114 Å². The Morgan fingerprint density at radius 3 is 2.53 bits per heavy atom. The Kier molecular flexibility index (Phi) is 4.02. The molecule has 2 rings (SSSR count). The molecule has 0 bridgehead atoms. The third-order valence-corrected chi connectivity index (χ3v) is 3.08. The summed E-state index contributed by atoms with van der Waals surface area (Å²) < 4.78 is 32.7. The van der Waals surface area contributed by atoms with Crippen LogP contribution >= 0.6 is 11.6 Å². The fourth-order valence-corrected chi connectivity index (χ4v) is 2.01. The second kappa shape index (κ2) is 5.55. The number of nitrogens with two attached hydrogens (primary N) is 1. The monoisotopic (exact) mass is 283 g/mol. The number of methoxy groups -OCH3 is 1. The van der Waals surface area contributed by atoms with Crippen LogP contribution in [0.5, 0.6) is 5.75 Å². The Balaban J connectivity index is 2.47. The molecular weight excluding hydrogens is 272 g/mol. The van der Waals surface area contributed by atoms with Gasteiger partial charge in [-0.3, -0.25) is 0 Å². The first-order valence-corrected chi connectivity index (χ1v) is 5.95. The van der Waals surface area contributed by atoms with Crippen molar-refractivity contribution >= 4 is 11.6 Å². The zero-order valence-electron chi connectivity index (χ0n) is 10.2. The van der Waals surface area contributed by atoms with Crippen molar-refractivity contribution in [3.05, 3.63) is 64.2 Å². The zero-order chi connectivity index (χ0) is 14.0. The summed E-state index contributed by atoms with van der Waals surface area (Å²) in [6.07, 6.45) is 0. The van der Waals surface area contributed by atoms with Gasteiger partial charge in [-0.2, -0.15) is 0 Å². The lowest BCUT2D eigenvalue weighted by Gasteiger charge is -2.15. The molecule has 1 unspecified atom stereocenters. The first-order valence-electron chi connectivity index (χ1n) is 5.57. The van der Waals surface area contributed by atoms with E-state index < -0.39 is 17.7 Å². The van der Waals surface area contributed by atoms with Crippen molar-refractivity contribution in [1.29, 1.82) is 0 Å². The van der Waals surface area contributed by atoms with E-state index in [0.717, 1.165) is 6.07 Å². The van der Waals surface area contributed by atoms with E-state index in [1.807, 2.05) is 0 Å². The second-order valence-corrected chi connectivity index (χ2v) is 4.44. The number of ether oxygens (including phenoxy) is 1. The quantitative estimate of drug-likeness (QED) is 0.933. The van der Waals surface area contributed by atoms with Gasteiger partial charge < -0.3 is 10.5 Å². The van der Waals surface area contributed by atoms with E-state index in [1.165, 1.54) is 31.4 Å². The normalized spacial score (nSPS) is 12.3. The molecule has 0 radical (unpaired) electrons. The minimum atomic E-state index is -0.924. The van der Waals surface area contributed by atoms with Gasteiger partial charge in [-0.05, 0) is 18.2 Å². The molecule has 0 saturated heterocycles. The zero-order valence-corrected chi connectivity index (χ0v) is 10.9. The second-order valence-electron chi connectivity index (χ2n) is 4.01. The number of halogens is 3. The van der Waals surface area contributed by atoms with Gasteiger partial charge >= 0.3 is 0 Å². The summed E-state index contributed by atoms with van der Waals surface area (Å²) in [6.45, 7) is 0. The standard InChI is InChI=1S/C14H12ClF2NO/c1-19-12-4-2-3-10(13(12)17)14(18)9-6-5-8(15)7-11(9)16/h2-7,14H,18H2,1H3. The van der Waals surface area contributed by atoms with Crippen LogP contribution in [0.15, 0.2) is 36.4 Å². The van der Waals surface area contributed by atoms with Crippen LogP contribution in [-0.2, 0) is 0 Å². The summed E-state index contributed by atoms with van der Waals surface area (Å²) in [6, 6.07) is 7.76. The largest absolute Gasteiger partial charge is 0.494 e. The minimum Gasteiger partial charge on any atom is -0.494 e. The van der Waals surface area contributed by atoms with Gasteiger partial charge in [0.1, 0.15) is 5.82 Å². The molecule has 19 heavy (non-hydrogen) atoms. The number of benzene rings is 2. The van der Waals surface area contributed by atoms with Gasteiger partial charge in [0.25, 0.3) is 0 Å². The Morgan fingerprint density at radius 1 is 1.16 bits per heavy atom. The van der Waals surface area contributed by atoms with Crippen molar-refractivity contribution in [2.75, 3.05) is 7.11 Å². The summed E-state index contributed by atoms with van der Waals surface area (Å²) >= 11 is 5.67. The van der Waals surface area contributed by atoms with E-state index in [4.69, 9.17) is 22.1 Å². The summed E-state index contributed by atoms with van der Waals surface area (Å²) in [5.41, 5.74) is 6.26. The summed E-state index contributed by atoms with van der Waals surface area (Å²) in [5.74, 6) is -1.09. The van der Waals surface area contributed by atoms with E-state index in [1.54, 1.807) is 6.07 Å². The van der Waals surface area contributed by atoms with Gasteiger partial charge in [0.05, 0.1) is 13.2 Å². The lowest BCUT2D eigenvalue weighted by molar-refractivity contribution is 0.383. The summed E-state index contributed by atoms with van der Waals surface area (Å²) in [7, 11) is 1.36. The van der Waals surface area contributed by atoms with Crippen molar-refractivity contribution in [3.63, 3.8) is 0 Å². The molecular formula is C14H12ClF2NO. The van der Waals surface area contributed by atoms with Crippen molar-refractivity contribution in [1.82, 2.24) is 0 Å². The van der Waals surface area contributed by atoms with Gasteiger partial charge in [0.15, 0.2) is 11.6 Å². The van der Waals surface area contributed by atoms with Gasteiger partial charge in [0.2, 0.25) is 0 Å². The van der Waals surface area contributed by atoms with E-state index in [0.29, 0.717) is 0 Å². The molecule has 2 N–H and O–H groups in total. The van der Waals surface area contributed by atoms with Crippen molar-refractivity contribution in [2.24, 2.45) is 5.73 Å². The van der Waals surface area contributed by atoms with Gasteiger partial charge in [0, 0.05) is 16.1 Å². The Morgan fingerprint density at radius 2 is 1.89 bits per heavy atom.